The van der Waals surface area contributed by atoms with Crippen molar-refractivity contribution in [1.82, 2.24) is 14.1 Å². The van der Waals surface area contributed by atoms with Crippen molar-refractivity contribution in [3.05, 3.63) is 24.4 Å². The molecule has 1 aliphatic heterocycles. The predicted octanol–water partition coefficient (Wildman–Crippen LogP) is 0.106. The summed E-state index contributed by atoms with van der Waals surface area (Å²) < 4.78 is 40.5. The van der Waals surface area contributed by atoms with E-state index in [0.717, 1.165) is 0 Å². The summed E-state index contributed by atoms with van der Waals surface area (Å²) in [5.74, 6) is 1.03. The van der Waals surface area contributed by atoms with Gasteiger partial charge in [-0.05, 0) is 25.0 Å². The maximum absolute atomic E-state index is 12.6. The Kier molecular flexibility index (Phi) is 3.72. The number of nitrogens with two attached hydrogens (primary N) is 1. The Hall–Kier alpha value is -1.45. The molecule has 21 heavy (non-hydrogen) atoms. The fourth-order valence-corrected chi connectivity index (χ4v) is 5.27. The van der Waals surface area contributed by atoms with Crippen molar-refractivity contribution in [1.29, 1.82) is 0 Å². The summed E-state index contributed by atoms with van der Waals surface area (Å²) in [5, 5.41) is -0.0372. The molecule has 0 unspecified atom stereocenters. The van der Waals surface area contributed by atoms with Gasteiger partial charge in [-0.15, -0.1) is 0 Å². The number of nitrogens with one attached hydrogen (secondary N) is 1. The molecule has 2 aromatic heterocycles. The quantitative estimate of drug-likeness (QED) is 0.831. The Morgan fingerprint density at radius 2 is 2.05 bits per heavy atom. The number of nitrogens with zero attached hydrogens (tertiary/aromatic N) is 2. The van der Waals surface area contributed by atoms with Gasteiger partial charge >= 0.3 is 0 Å². The lowest BCUT2D eigenvalue weighted by Crippen LogP contribution is -2.40. The van der Waals surface area contributed by atoms with E-state index in [1.54, 1.807) is 24.4 Å². The first-order valence-electron chi connectivity index (χ1n) is 6.57. The van der Waals surface area contributed by atoms with Gasteiger partial charge in [-0.25, -0.2) is 18.1 Å². The van der Waals surface area contributed by atoms with Gasteiger partial charge in [0.15, 0.2) is 10.8 Å². The van der Waals surface area contributed by atoms with Crippen molar-refractivity contribution in [2.75, 3.05) is 17.2 Å². The lowest BCUT2D eigenvalue weighted by Gasteiger charge is -2.22. The first-order valence-corrected chi connectivity index (χ1v) is 9.54. The third-order valence-corrected chi connectivity index (χ3v) is 6.42. The summed E-state index contributed by atoms with van der Waals surface area (Å²) >= 11 is 0. The zero-order chi connectivity index (χ0) is 15.0. The highest BCUT2D eigenvalue weighted by Gasteiger charge is 2.28. The maximum atomic E-state index is 12.6. The molecule has 0 saturated carbocycles. The molecule has 3 rings (SSSR count). The molecule has 0 aliphatic carbocycles. The van der Waals surface area contributed by atoms with Crippen molar-refractivity contribution < 1.29 is 12.6 Å². The van der Waals surface area contributed by atoms with Gasteiger partial charge in [0.25, 0.3) is 10.0 Å². The minimum atomic E-state index is -3.76. The molecule has 1 fully saturated rings. The number of fused-ring (bicyclic) bond motifs is 1. The smallest absolute Gasteiger partial charge is 0.260 e. The molecular weight excluding hydrogens is 312 g/mol. The Bertz CT molecular complexity index is 790. The summed E-state index contributed by atoms with van der Waals surface area (Å²) in [6.45, 7) is 0. The first-order chi connectivity index (χ1) is 9.97. The average Bonchev–Trinajstić information content (AvgIpc) is 2.77. The second-order valence-electron chi connectivity index (χ2n) is 4.97. The molecule has 0 spiro atoms. The van der Waals surface area contributed by atoms with Gasteiger partial charge in [0.1, 0.15) is 5.65 Å². The lowest BCUT2D eigenvalue weighted by molar-refractivity contribution is 0.519. The molecule has 2 aromatic rings. The molecule has 3 heterocycles. The number of sulfonamides is 1. The third kappa shape index (κ3) is 2.81. The normalized spacial score (nSPS) is 23.4. The minimum absolute atomic E-state index is 0.0203. The molecule has 0 aromatic carbocycles. The number of imidazole rings is 1. The van der Waals surface area contributed by atoms with Crippen LogP contribution in [0.15, 0.2) is 29.4 Å². The van der Waals surface area contributed by atoms with E-state index in [9.17, 15) is 12.6 Å². The van der Waals surface area contributed by atoms with Crippen LogP contribution in [0.25, 0.3) is 5.65 Å². The molecule has 0 radical (unpaired) electrons. The summed E-state index contributed by atoms with van der Waals surface area (Å²) in [7, 11) is -4.59. The average molecular weight is 328 g/mol. The van der Waals surface area contributed by atoms with Gasteiger partial charge in [0.05, 0.1) is 0 Å². The van der Waals surface area contributed by atoms with Crippen LogP contribution in [-0.2, 0) is 20.8 Å². The van der Waals surface area contributed by atoms with E-state index in [1.165, 1.54) is 4.40 Å². The van der Waals surface area contributed by atoms with E-state index in [1.807, 2.05) is 0 Å². The number of anilines is 1. The SMILES string of the molecule is Nc1nc2ccccn2c1S(=O)(=O)NC1CCS(=O)CC1. The number of hydrogen-bond acceptors (Lipinski definition) is 5. The highest BCUT2D eigenvalue weighted by atomic mass is 32.2. The topological polar surface area (TPSA) is 107 Å². The molecule has 0 atom stereocenters. The van der Waals surface area contributed by atoms with Crippen molar-refractivity contribution in [3.63, 3.8) is 0 Å². The molecule has 1 saturated heterocycles. The second-order valence-corrected chi connectivity index (χ2v) is 8.30. The molecule has 9 heteroatoms. The van der Waals surface area contributed by atoms with Crippen LogP contribution in [0.3, 0.4) is 0 Å². The minimum Gasteiger partial charge on any atom is -0.381 e. The summed E-state index contributed by atoms with van der Waals surface area (Å²) in [6.07, 6.45) is 2.76. The Morgan fingerprint density at radius 1 is 1.33 bits per heavy atom. The molecule has 0 bridgehead atoms. The van der Waals surface area contributed by atoms with Gasteiger partial charge in [-0.1, -0.05) is 6.07 Å². The van der Waals surface area contributed by atoms with Gasteiger partial charge in [0, 0.05) is 34.5 Å². The highest BCUT2D eigenvalue weighted by Crippen LogP contribution is 2.21. The predicted molar refractivity (Wildman–Crippen MR) is 80.8 cm³/mol. The zero-order valence-electron chi connectivity index (χ0n) is 11.2. The van der Waals surface area contributed by atoms with E-state index in [4.69, 9.17) is 5.73 Å². The largest absolute Gasteiger partial charge is 0.381 e. The lowest BCUT2D eigenvalue weighted by atomic mass is 10.2. The van der Waals surface area contributed by atoms with Crippen LogP contribution in [0.1, 0.15) is 12.8 Å². The highest BCUT2D eigenvalue weighted by molar-refractivity contribution is 7.89. The van der Waals surface area contributed by atoms with E-state index in [-0.39, 0.29) is 16.9 Å². The molecular formula is C12H16N4O3S2. The third-order valence-electron chi connectivity index (χ3n) is 3.48. The Morgan fingerprint density at radius 3 is 2.76 bits per heavy atom. The number of pyridine rings is 1. The van der Waals surface area contributed by atoms with E-state index in [0.29, 0.717) is 30.0 Å². The number of nitrogen functional groups attached to an aromatic ring is 1. The van der Waals surface area contributed by atoms with E-state index >= 15 is 0 Å². The molecule has 3 N–H and O–H groups in total. The monoisotopic (exact) mass is 328 g/mol. The molecule has 1 aliphatic rings. The van der Waals surface area contributed by atoms with Gasteiger partial charge in [-0.2, -0.15) is 0 Å². The van der Waals surface area contributed by atoms with Crippen molar-refractivity contribution in [2.45, 2.75) is 23.9 Å². The van der Waals surface area contributed by atoms with Gasteiger partial charge < -0.3 is 5.73 Å². The number of rotatable bonds is 3. The van der Waals surface area contributed by atoms with Crippen molar-refractivity contribution >= 4 is 32.3 Å². The summed E-state index contributed by atoms with van der Waals surface area (Å²) in [6, 6.07) is 4.97. The summed E-state index contributed by atoms with van der Waals surface area (Å²) in [5.41, 5.74) is 6.25. The van der Waals surface area contributed by atoms with E-state index in [2.05, 4.69) is 9.71 Å². The number of hydrogen-bond donors (Lipinski definition) is 2. The van der Waals surface area contributed by atoms with Gasteiger partial charge in [0.2, 0.25) is 0 Å². The first kappa shape index (κ1) is 14.5. The van der Waals surface area contributed by atoms with Crippen LogP contribution in [0, 0.1) is 0 Å². The summed E-state index contributed by atoms with van der Waals surface area (Å²) in [4.78, 5) is 4.06. The number of aromatic nitrogens is 2. The standard InChI is InChI=1S/C12H16N4O3S2/c13-11-12(16-6-2-1-3-10(16)14-11)21(18,19)15-9-4-7-20(17)8-5-9/h1-3,6,9,15H,4-5,7-8,13H2. The van der Waals surface area contributed by atoms with Gasteiger partial charge in [-0.3, -0.25) is 8.61 Å². The zero-order valence-corrected chi connectivity index (χ0v) is 12.9. The van der Waals surface area contributed by atoms with Crippen LogP contribution in [0.4, 0.5) is 5.82 Å². The van der Waals surface area contributed by atoms with Crippen LogP contribution < -0.4 is 10.5 Å². The van der Waals surface area contributed by atoms with E-state index < -0.39 is 20.8 Å². The molecule has 114 valence electrons. The fraction of sp³-hybridized carbons (Fsp3) is 0.417. The molecule has 0 amide bonds. The van der Waals surface area contributed by atoms with Crippen LogP contribution in [0.5, 0.6) is 0 Å². The van der Waals surface area contributed by atoms with Crippen LogP contribution in [-0.4, -0.2) is 39.6 Å². The second kappa shape index (κ2) is 5.39. The van der Waals surface area contributed by atoms with Crippen LogP contribution >= 0.6 is 0 Å². The Balaban J connectivity index is 1.93. The van der Waals surface area contributed by atoms with Crippen molar-refractivity contribution in [3.8, 4) is 0 Å². The molecule has 7 nitrogen and oxygen atoms in total. The fourth-order valence-electron chi connectivity index (χ4n) is 2.45. The maximum Gasteiger partial charge on any atom is 0.260 e. The Labute approximate surface area is 125 Å². The van der Waals surface area contributed by atoms with Crippen LogP contribution in [0.2, 0.25) is 0 Å². The van der Waals surface area contributed by atoms with Crippen molar-refractivity contribution in [2.24, 2.45) is 0 Å².